The van der Waals surface area contributed by atoms with E-state index in [1.807, 2.05) is 47.0 Å². The van der Waals surface area contributed by atoms with Gasteiger partial charge in [0, 0.05) is 11.8 Å². The lowest BCUT2D eigenvalue weighted by Crippen LogP contribution is -1.91. The molecule has 3 aromatic rings. The lowest BCUT2D eigenvalue weighted by molar-refractivity contribution is 0.415. The molecule has 0 N–H and O–H groups in total. The molecule has 1 aromatic carbocycles. The molecule has 18 heavy (non-hydrogen) atoms. The number of ether oxygens (including phenoxy) is 1. The maximum atomic E-state index is 5.23. The van der Waals surface area contributed by atoms with Gasteiger partial charge in [0.25, 0.3) is 0 Å². The second kappa shape index (κ2) is 4.14. The Bertz CT molecular complexity index is 703. The van der Waals surface area contributed by atoms with E-state index < -0.39 is 0 Å². The first-order valence-corrected chi connectivity index (χ1v) is 5.74. The fourth-order valence-corrected chi connectivity index (χ4v) is 1.96. The van der Waals surface area contributed by atoms with Gasteiger partial charge in [-0.3, -0.25) is 4.40 Å². The summed E-state index contributed by atoms with van der Waals surface area (Å²) < 4.78 is 7.22. The number of benzene rings is 1. The van der Waals surface area contributed by atoms with E-state index in [1.54, 1.807) is 7.11 Å². The van der Waals surface area contributed by atoms with Crippen molar-refractivity contribution < 1.29 is 4.74 Å². The zero-order valence-corrected chi connectivity index (χ0v) is 10.3. The smallest absolute Gasteiger partial charge is 0.168 e. The highest BCUT2D eigenvalue weighted by Gasteiger charge is 2.08. The summed E-state index contributed by atoms with van der Waals surface area (Å²) in [7, 11) is 1.66. The van der Waals surface area contributed by atoms with Gasteiger partial charge >= 0.3 is 0 Å². The number of methoxy groups -OCH3 is 1. The molecule has 4 heteroatoms. The van der Waals surface area contributed by atoms with Crippen LogP contribution in [0.4, 0.5) is 0 Å². The van der Waals surface area contributed by atoms with Crippen LogP contribution >= 0.6 is 0 Å². The molecule has 0 aliphatic rings. The van der Waals surface area contributed by atoms with Crippen LogP contribution in [0.25, 0.3) is 17.0 Å². The molecule has 0 radical (unpaired) electrons. The van der Waals surface area contributed by atoms with Gasteiger partial charge in [-0.2, -0.15) is 0 Å². The Morgan fingerprint density at radius 1 is 1.11 bits per heavy atom. The Morgan fingerprint density at radius 3 is 2.83 bits per heavy atom. The molecule has 4 nitrogen and oxygen atoms in total. The Hall–Kier alpha value is -2.36. The topological polar surface area (TPSA) is 39.4 Å². The number of fused-ring (bicyclic) bond motifs is 1. The van der Waals surface area contributed by atoms with Crippen LogP contribution in [0.5, 0.6) is 5.75 Å². The minimum Gasteiger partial charge on any atom is -0.497 e. The molecule has 0 amide bonds. The largest absolute Gasteiger partial charge is 0.497 e. The fourth-order valence-electron chi connectivity index (χ4n) is 1.96. The third-order valence-corrected chi connectivity index (χ3v) is 2.88. The Kier molecular flexibility index (Phi) is 2.48. The average Bonchev–Trinajstić information content (AvgIpc) is 2.81. The summed E-state index contributed by atoms with van der Waals surface area (Å²) in [6, 6.07) is 11.8. The Balaban J connectivity index is 2.21. The third-order valence-electron chi connectivity index (χ3n) is 2.88. The van der Waals surface area contributed by atoms with E-state index in [9.17, 15) is 0 Å². The molecule has 0 spiro atoms. The Morgan fingerprint density at radius 2 is 2.00 bits per heavy atom. The summed E-state index contributed by atoms with van der Waals surface area (Å²) >= 11 is 0. The molecule has 0 fully saturated rings. The van der Waals surface area contributed by atoms with Crippen LogP contribution in [-0.4, -0.2) is 21.7 Å². The van der Waals surface area contributed by atoms with Crippen molar-refractivity contribution >= 4 is 5.65 Å². The maximum Gasteiger partial charge on any atom is 0.168 e. The second-order valence-corrected chi connectivity index (χ2v) is 4.19. The van der Waals surface area contributed by atoms with E-state index in [1.165, 1.54) is 5.56 Å². The molecule has 0 saturated carbocycles. The van der Waals surface area contributed by atoms with E-state index in [4.69, 9.17) is 4.74 Å². The van der Waals surface area contributed by atoms with Gasteiger partial charge in [-0.15, -0.1) is 10.2 Å². The first-order valence-electron chi connectivity index (χ1n) is 5.74. The summed E-state index contributed by atoms with van der Waals surface area (Å²) in [5.74, 6) is 1.64. The summed E-state index contributed by atoms with van der Waals surface area (Å²) in [5.41, 5.74) is 3.01. The number of hydrogen-bond donors (Lipinski definition) is 0. The van der Waals surface area contributed by atoms with Gasteiger partial charge < -0.3 is 4.74 Å². The highest BCUT2D eigenvalue weighted by Crippen LogP contribution is 2.22. The van der Waals surface area contributed by atoms with Crippen LogP contribution in [0.15, 0.2) is 42.6 Å². The third kappa shape index (κ3) is 1.72. The van der Waals surface area contributed by atoms with Crippen LogP contribution in [-0.2, 0) is 0 Å². The van der Waals surface area contributed by atoms with Crippen molar-refractivity contribution in [2.75, 3.05) is 7.11 Å². The van der Waals surface area contributed by atoms with E-state index in [2.05, 4.69) is 17.1 Å². The fraction of sp³-hybridized carbons (Fsp3) is 0.143. The van der Waals surface area contributed by atoms with E-state index in [0.717, 1.165) is 22.8 Å². The lowest BCUT2D eigenvalue weighted by atomic mass is 10.2. The van der Waals surface area contributed by atoms with Gasteiger partial charge in [-0.25, -0.2) is 0 Å². The number of aromatic nitrogens is 3. The molecule has 2 heterocycles. The molecule has 90 valence electrons. The first-order chi connectivity index (χ1) is 8.78. The first kappa shape index (κ1) is 10.8. The summed E-state index contributed by atoms with van der Waals surface area (Å²) in [6.45, 7) is 2.05. The van der Waals surface area contributed by atoms with Crippen LogP contribution in [0, 0.1) is 6.92 Å². The van der Waals surface area contributed by atoms with E-state index >= 15 is 0 Å². The van der Waals surface area contributed by atoms with Crippen molar-refractivity contribution in [1.29, 1.82) is 0 Å². The summed E-state index contributed by atoms with van der Waals surface area (Å²) in [5, 5.41) is 8.40. The van der Waals surface area contributed by atoms with Crippen LogP contribution in [0.1, 0.15) is 5.56 Å². The zero-order valence-electron chi connectivity index (χ0n) is 10.3. The second-order valence-electron chi connectivity index (χ2n) is 4.19. The zero-order chi connectivity index (χ0) is 12.5. The number of nitrogens with zero attached hydrogens (tertiary/aromatic N) is 3. The molecule has 0 unspecified atom stereocenters. The number of pyridine rings is 1. The normalized spacial score (nSPS) is 10.8. The molecular formula is C14H13N3O. The predicted octanol–water partition coefficient (Wildman–Crippen LogP) is 2.71. The van der Waals surface area contributed by atoms with Gasteiger partial charge in [0.2, 0.25) is 0 Å². The molecule has 2 aromatic heterocycles. The molecule has 0 saturated heterocycles. The SMILES string of the molecule is COc1cccc(-c2nnc3ccc(C)cn23)c1. The average molecular weight is 239 g/mol. The predicted molar refractivity (Wildman–Crippen MR) is 69.7 cm³/mol. The van der Waals surface area contributed by atoms with E-state index in [-0.39, 0.29) is 0 Å². The molecule has 0 aliphatic carbocycles. The van der Waals surface area contributed by atoms with Crippen LogP contribution in [0.2, 0.25) is 0 Å². The molecule has 0 aliphatic heterocycles. The number of hydrogen-bond acceptors (Lipinski definition) is 3. The van der Waals surface area contributed by atoms with Gasteiger partial charge in [-0.1, -0.05) is 18.2 Å². The van der Waals surface area contributed by atoms with Crippen molar-refractivity contribution in [3.05, 3.63) is 48.2 Å². The van der Waals surface area contributed by atoms with Crippen LogP contribution < -0.4 is 4.74 Å². The maximum absolute atomic E-state index is 5.23. The van der Waals surface area contributed by atoms with Gasteiger partial charge in [0.15, 0.2) is 11.5 Å². The highest BCUT2D eigenvalue weighted by molar-refractivity contribution is 5.61. The summed E-state index contributed by atoms with van der Waals surface area (Å²) in [6.07, 6.45) is 2.03. The van der Waals surface area contributed by atoms with Gasteiger partial charge in [0.05, 0.1) is 7.11 Å². The molecule has 3 rings (SSSR count). The van der Waals surface area contributed by atoms with Gasteiger partial charge in [0.1, 0.15) is 5.75 Å². The van der Waals surface area contributed by atoms with Gasteiger partial charge in [-0.05, 0) is 30.7 Å². The number of aryl methyl sites for hydroxylation is 1. The Labute approximate surface area is 105 Å². The van der Waals surface area contributed by atoms with E-state index in [0.29, 0.717) is 0 Å². The van der Waals surface area contributed by atoms with Crippen LogP contribution in [0.3, 0.4) is 0 Å². The minimum absolute atomic E-state index is 0.817. The van der Waals surface area contributed by atoms with Crippen molar-refractivity contribution in [2.45, 2.75) is 6.92 Å². The molecular weight excluding hydrogens is 226 g/mol. The lowest BCUT2D eigenvalue weighted by Gasteiger charge is -2.03. The monoisotopic (exact) mass is 239 g/mol. The van der Waals surface area contributed by atoms with Crippen molar-refractivity contribution in [2.24, 2.45) is 0 Å². The van der Waals surface area contributed by atoms with Crippen molar-refractivity contribution in [3.8, 4) is 17.1 Å². The standard InChI is InChI=1S/C14H13N3O/c1-10-6-7-13-15-16-14(17(13)9-10)11-4-3-5-12(8-11)18-2/h3-9H,1-2H3. The minimum atomic E-state index is 0.817. The molecule has 0 bridgehead atoms. The van der Waals surface area contributed by atoms with Crippen molar-refractivity contribution in [1.82, 2.24) is 14.6 Å². The summed E-state index contributed by atoms with van der Waals surface area (Å²) in [4.78, 5) is 0. The quantitative estimate of drug-likeness (QED) is 0.690. The molecule has 0 atom stereocenters. The number of rotatable bonds is 2. The van der Waals surface area contributed by atoms with Crippen molar-refractivity contribution in [3.63, 3.8) is 0 Å². The highest BCUT2D eigenvalue weighted by atomic mass is 16.5.